The lowest BCUT2D eigenvalue weighted by molar-refractivity contribution is -0.116. The highest BCUT2D eigenvalue weighted by Gasteiger charge is 2.17. The normalized spacial score (nSPS) is 10.3. The van der Waals surface area contributed by atoms with Crippen molar-refractivity contribution in [1.29, 1.82) is 0 Å². The molecule has 1 aromatic carbocycles. The molecule has 0 saturated heterocycles. The number of nitrogens with one attached hydrogen (secondary N) is 1. The molecule has 2 rings (SSSR count). The Morgan fingerprint density at radius 3 is 2.58 bits per heavy atom. The summed E-state index contributed by atoms with van der Waals surface area (Å²) in [7, 11) is 2.98. The van der Waals surface area contributed by atoms with Crippen LogP contribution in [-0.4, -0.2) is 40.1 Å². The molecule has 0 saturated carbocycles. The van der Waals surface area contributed by atoms with E-state index in [1.54, 1.807) is 0 Å². The number of hydrogen-bond acceptors (Lipinski definition) is 4. The molecule has 0 spiro atoms. The second-order valence-electron chi connectivity index (χ2n) is 5.64. The minimum Gasteiger partial charge on any atom is -0.331 e. The topological polar surface area (TPSA) is 84.3 Å². The number of hydrogen-bond donors (Lipinski definition) is 1. The van der Waals surface area contributed by atoms with Gasteiger partial charge in [-0.15, -0.1) is 0 Å². The maximum atomic E-state index is 12.3. The number of aryl methyl sites for hydroxylation is 2. The third-order valence-corrected chi connectivity index (χ3v) is 3.79. The first-order chi connectivity index (χ1) is 11.3. The van der Waals surface area contributed by atoms with E-state index in [2.05, 4.69) is 10.4 Å². The first kappa shape index (κ1) is 17.4. The number of anilines is 1. The molecule has 0 bridgehead atoms. The second-order valence-corrected chi connectivity index (χ2v) is 5.64. The summed E-state index contributed by atoms with van der Waals surface area (Å²) < 4.78 is 1.08. The fraction of sp³-hybridized carbons (Fsp3) is 0.294. The molecule has 0 aliphatic heterocycles. The fourth-order valence-corrected chi connectivity index (χ4v) is 2.18. The van der Waals surface area contributed by atoms with E-state index in [0.29, 0.717) is 0 Å². The molecule has 24 heavy (non-hydrogen) atoms. The van der Waals surface area contributed by atoms with E-state index in [1.165, 1.54) is 31.1 Å². The van der Waals surface area contributed by atoms with Gasteiger partial charge >= 0.3 is 0 Å². The molecule has 126 valence electrons. The van der Waals surface area contributed by atoms with Crippen LogP contribution in [0, 0.1) is 13.8 Å². The van der Waals surface area contributed by atoms with Crippen LogP contribution in [0.5, 0.6) is 0 Å². The average Bonchev–Trinajstić information content (AvgIpc) is 2.53. The fourth-order valence-electron chi connectivity index (χ4n) is 2.18. The lowest BCUT2D eigenvalue weighted by atomic mass is 10.1. The average molecular weight is 328 g/mol. The number of nitrogens with zero attached hydrogens (tertiary/aromatic N) is 3. The van der Waals surface area contributed by atoms with Crippen LogP contribution in [0.4, 0.5) is 5.69 Å². The molecule has 1 N–H and O–H groups in total. The van der Waals surface area contributed by atoms with Gasteiger partial charge < -0.3 is 10.2 Å². The minimum absolute atomic E-state index is 0.110. The molecule has 2 amide bonds. The van der Waals surface area contributed by atoms with Gasteiger partial charge in [-0.2, -0.15) is 5.10 Å². The maximum absolute atomic E-state index is 12.3. The Kier molecular flexibility index (Phi) is 5.13. The zero-order valence-electron chi connectivity index (χ0n) is 14.2. The summed E-state index contributed by atoms with van der Waals surface area (Å²) in [5.41, 5.74) is 2.59. The number of likely N-dealkylation sites (N-methyl/N-ethyl adjacent to an activating group) is 1. The Balaban J connectivity index is 2.05. The molecule has 0 aliphatic carbocycles. The Bertz CT molecular complexity index is 842. The molecule has 1 aromatic heterocycles. The van der Waals surface area contributed by atoms with Gasteiger partial charge in [0.15, 0.2) is 0 Å². The molecular weight excluding hydrogens is 308 g/mol. The second kappa shape index (κ2) is 7.08. The van der Waals surface area contributed by atoms with Crippen LogP contribution in [0.25, 0.3) is 0 Å². The van der Waals surface area contributed by atoms with E-state index in [1.807, 2.05) is 32.0 Å². The van der Waals surface area contributed by atoms with Crippen molar-refractivity contribution in [3.8, 4) is 0 Å². The third kappa shape index (κ3) is 3.87. The molecule has 0 radical (unpaired) electrons. The van der Waals surface area contributed by atoms with Crippen molar-refractivity contribution in [1.82, 2.24) is 14.7 Å². The van der Waals surface area contributed by atoms with E-state index in [9.17, 15) is 14.4 Å². The highest BCUT2D eigenvalue weighted by atomic mass is 16.2. The molecule has 0 atom stereocenters. The van der Waals surface area contributed by atoms with E-state index < -0.39 is 5.91 Å². The van der Waals surface area contributed by atoms with Crippen LogP contribution in [0.1, 0.15) is 21.6 Å². The van der Waals surface area contributed by atoms with Crippen molar-refractivity contribution in [2.75, 3.05) is 18.9 Å². The number of carbonyl (C=O) groups is 2. The molecule has 1 heterocycles. The van der Waals surface area contributed by atoms with Crippen LogP contribution in [0.3, 0.4) is 0 Å². The molecule has 7 nitrogen and oxygen atoms in total. The van der Waals surface area contributed by atoms with Gasteiger partial charge in [0.05, 0.1) is 6.54 Å². The van der Waals surface area contributed by atoms with E-state index in [-0.39, 0.29) is 23.7 Å². The molecule has 2 aromatic rings. The largest absolute Gasteiger partial charge is 0.331 e. The Labute approximate surface area is 139 Å². The monoisotopic (exact) mass is 328 g/mol. The van der Waals surface area contributed by atoms with Crippen molar-refractivity contribution >= 4 is 17.5 Å². The van der Waals surface area contributed by atoms with Crippen molar-refractivity contribution < 1.29 is 9.59 Å². The van der Waals surface area contributed by atoms with Crippen molar-refractivity contribution in [2.24, 2.45) is 7.05 Å². The van der Waals surface area contributed by atoms with Gasteiger partial charge in [0.25, 0.3) is 11.5 Å². The standard InChI is InChI=1S/C17H20N4O3/c1-11-6-5-7-13(12(11)2)18-15(22)10-20(3)17(24)14-8-9-16(23)21(4)19-14/h5-9H,10H2,1-4H3,(H,18,22). The van der Waals surface area contributed by atoms with Crippen LogP contribution in [0.2, 0.25) is 0 Å². The highest BCUT2D eigenvalue weighted by molar-refractivity contribution is 5.98. The van der Waals surface area contributed by atoms with Gasteiger partial charge in [0.1, 0.15) is 5.69 Å². The smallest absolute Gasteiger partial charge is 0.274 e. The Hall–Kier alpha value is -2.96. The molecule has 7 heteroatoms. The minimum atomic E-state index is -0.429. The number of benzene rings is 1. The third-order valence-electron chi connectivity index (χ3n) is 3.79. The van der Waals surface area contributed by atoms with Crippen LogP contribution in [-0.2, 0) is 11.8 Å². The summed E-state index contributed by atoms with van der Waals surface area (Å²) in [6.45, 7) is 3.77. The Morgan fingerprint density at radius 1 is 1.21 bits per heavy atom. The maximum Gasteiger partial charge on any atom is 0.274 e. The summed E-state index contributed by atoms with van der Waals surface area (Å²) >= 11 is 0. The molecular formula is C17H20N4O3. The molecule has 0 unspecified atom stereocenters. The van der Waals surface area contributed by atoms with E-state index >= 15 is 0 Å². The summed E-state index contributed by atoms with van der Waals surface area (Å²) in [6.07, 6.45) is 0. The van der Waals surface area contributed by atoms with Gasteiger partial charge in [0, 0.05) is 25.8 Å². The van der Waals surface area contributed by atoms with Crippen LogP contribution in [0.15, 0.2) is 35.1 Å². The summed E-state index contributed by atoms with van der Waals surface area (Å²) in [5, 5.41) is 6.69. The zero-order chi connectivity index (χ0) is 17.9. The highest BCUT2D eigenvalue weighted by Crippen LogP contribution is 2.17. The predicted octanol–water partition coefficient (Wildman–Crippen LogP) is 1.11. The van der Waals surface area contributed by atoms with Gasteiger partial charge in [-0.1, -0.05) is 12.1 Å². The molecule has 0 fully saturated rings. The first-order valence-corrected chi connectivity index (χ1v) is 7.45. The van der Waals surface area contributed by atoms with Crippen molar-refractivity contribution in [3.05, 3.63) is 57.5 Å². The number of amides is 2. The molecule has 0 aliphatic rings. The lowest BCUT2D eigenvalue weighted by Crippen LogP contribution is -2.36. The SMILES string of the molecule is Cc1cccc(NC(=O)CN(C)C(=O)c2ccc(=O)n(C)n2)c1C. The summed E-state index contributed by atoms with van der Waals surface area (Å²) in [5.74, 6) is -0.730. The van der Waals surface area contributed by atoms with Gasteiger partial charge in [-0.3, -0.25) is 14.4 Å². The summed E-state index contributed by atoms with van der Waals surface area (Å²) in [6, 6.07) is 8.26. The van der Waals surface area contributed by atoms with E-state index in [0.717, 1.165) is 21.5 Å². The first-order valence-electron chi connectivity index (χ1n) is 7.45. The van der Waals surface area contributed by atoms with Crippen molar-refractivity contribution in [3.63, 3.8) is 0 Å². The van der Waals surface area contributed by atoms with Gasteiger partial charge in [0.2, 0.25) is 5.91 Å². The number of aromatic nitrogens is 2. The predicted molar refractivity (Wildman–Crippen MR) is 91.0 cm³/mol. The van der Waals surface area contributed by atoms with Crippen LogP contribution >= 0.6 is 0 Å². The summed E-state index contributed by atoms with van der Waals surface area (Å²) in [4.78, 5) is 37.0. The van der Waals surface area contributed by atoms with Crippen LogP contribution < -0.4 is 10.9 Å². The van der Waals surface area contributed by atoms with Gasteiger partial charge in [-0.25, -0.2) is 4.68 Å². The zero-order valence-corrected chi connectivity index (χ0v) is 14.2. The lowest BCUT2D eigenvalue weighted by Gasteiger charge is -2.17. The van der Waals surface area contributed by atoms with Gasteiger partial charge in [-0.05, 0) is 37.1 Å². The Morgan fingerprint density at radius 2 is 1.92 bits per heavy atom. The van der Waals surface area contributed by atoms with Crippen molar-refractivity contribution in [2.45, 2.75) is 13.8 Å². The number of rotatable bonds is 4. The quantitative estimate of drug-likeness (QED) is 0.911. The van der Waals surface area contributed by atoms with E-state index in [4.69, 9.17) is 0 Å². The number of carbonyl (C=O) groups excluding carboxylic acids is 2.